The third-order valence-electron chi connectivity index (χ3n) is 5.12. The van der Waals surface area contributed by atoms with E-state index in [1.54, 1.807) is 18.6 Å². The molecule has 1 amide bonds. The van der Waals surface area contributed by atoms with Gasteiger partial charge in [0.15, 0.2) is 5.82 Å². The van der Waals surface area contributed by atoms with Crippen molar-refractivity contribution >= 4 is 16.8 Å². The number of carbonyl (C=O) groups excluding carboxylic acids is 1. The quantitative estimate of drug-likeness (QED) is 0.192. The SMILES string of the molecule is CC(/C=C\Cc1c(C(N)=O)c2cc(C)ccc2n1-c1cnccn1)=C/N.CNC(C)C(F)(F)F.OO. The zero-order chi connectivity index (χ0) is 27.5. The molecular weight excluding hydrogens is 477 g/mol. The van der Waals surface area contributed by atoms with Gasteiger partial charge in [-0.15, -0.1) is 0 Å². The lowest BCUT2D eigenvalue weighted by molar-refractivity contribution is -0.176. The topological polar surface area (TPSA) is 152 Å². The summed E-state index contributed by atoms with van der Waals surface area (Å²) in [6, 6.07) is 4.55. The summed E-state index contributed by atoms with van der Waals surface area (Å²) in [5.41, 5.74) is 15.4. The van der Waals surface area contributed by atoms with Crippen molar-refractivity contribution in [1.29, 1.82) is 0 Å². The Kier molecular flexibility index (Phi) is 11.8. The summed E-state index contributed by atoms with van der Waals surface area (Å²) in [6.45, 7) is 4.96. The zero-order valence-corrected chi connectivity index (χ0v) is 20.4. The molecule has 196 valence electrons. The maximum absolute atomic E-state index is 12.3. The number of primary amides is 1. The molecule has 7 N–H and O–H groups in total. The van der Waals surface area contributed by atoms with E-state index in [0.717, 1.165) is 34.7 Å². The number of rotatable bonds is 6. The number of benzene rings is 1. The lowest BCUT2D eigenvalue weighted by Gasteiger charge is -2.13. The lowest BCUT2D eigenvalue weighted by Crippen LogP contribution is -2.36. The van der Waals surface area contributed by atoms with Gasteiger partial charge in [0, 0.05) is 29.9 Å². The molecule has 0 saturated carbocycles. The molecule has 0 aliphatic rings. The third kappa shape index (κ3) is 7.90. The predicted octanol–water partition coefficient (Wildman–Crippen LogP) is 3.96. The minimum Gasteiger partial charge on any atom is -0.404 e. The van der Waals surface area contributed by atoms with Crippen LogP contribution in [0.15, 0.2) is 60.7 Å². The van der Waals surface area contributed by atoms with Gasteiger partial charge in [-0.2, -0.15) is 13.2 Å². The van der Waals surface area contributed by atoms with E-state index in [1.807, 2.05) is 48.8 Å². The maximum atomic E-state index is 12.3. The van der Waals surface area contributed by atoms with Crippen LogP contribution in [0, 0.1) is 6.92 Å². The van der Waals surface area contributed by atoms with Gasteiger partial charge in [0.1, 0.15) is 6.04 Å². The summed E-state index contributed by atoms with van der Waals surface area (Å²) in [6.07, 6.45) is 6.72. The molecule has 1 unspecified atom stereocenters. The van der Waals surface area contributed by atoms with E-state index in [2.05, 4.69) is 15.3 Å². The highest BCUT2D eigenvalue weighted by Gasteiger charge is 2.34. The van der Waals surface area contributed by atoms with Crippen LogP contribution in [0.5, 0.6) is 0 Å². The molecular formula is C24H31F3N6O3. The fourth-order valence-corrected chi connectivity index (χ4v) is 3.17. The lowest BCUT2D eigenvalue weighted by atomic mass is 10.1. The molecule has 1 aromatic carbocycles. The predicted molar refractivity (Wildman–Crippen MR) is 133 cm³/mol. The highest BCUT2D eigenvalue weighted by Crippen LogP contribution is 2.30. The van der Waals surface area contributed by atoms with Crippen molar-refractivity contribution in [3.05, 3.63) is 77.5 Å². The summed E-state index contributed by atoms with van der Waals surface area (Å²) < 4.78 is 36.1. The molecule has 0 bridgehead atoms. The average Bonchev–Trinajstić information content (AvgIpc) is 3.18. The van der Waals surface area contributed by atoms with Crippen LogP contribution in [0.25, 0.3) is 16.7 Å². The smallest absolute Gasteiger partial charge is 0.403 e. The molecule has 0 spiro atoms. The normalized spacial score (nSPS) is 12.5. The molecule has 1 atom stereocenters. The first-order valence-electron chi connectivity index (χ1n) is 10.7. The van der Waals surface area contributed by atoms with Crippen LogP contribution in [-0.4, -0.2) is 50.2 Å². The Morgan fingerprint density at radius 2 is 1.94 bits per heavy atom. The number of aryl methyl sites for hydroxylation is 1. The maximum Gasteiger partial charge on any atom is 0.403 e. The highest BCUT2D eigenvalue weighted by molar-refractivity contribution is 6.08. The van der Waals surface area contributed by atoms with Crippen molar-refractivity contribution in [3.8, 4) is 5.82 Å². The van der Waals surface area contributed by atoms with Gasteiger partial charge in [-0.3, -0.25) is 24.9 Å². The molecule has 12 heteroatoms. The Morgan fingerprint density at radius 3 is 2.42 bits per heavy atom. The van der Waals surface area contributed by atoms with E-state index in [4.69, 9.17) is 22.0 Å². The first-order chi connectivity index (χ1) is 17.0. The largest absolute Gasteiger partial charge is 0.404 e. The second kappa shape index (κ2) is 14.0. The number of hydrogen-bond donors (Lipinski definition) is 5. The molecule has 2 aromatic heterocycles. The molecule has 9 nitrogen and oxygen atoms in total. The number of alkyl halides is 3. The van der Waals surface area contributed by atoms with Crippen molar-refractivity contribution in [2.75, 3.05) is 7.05 Å². The molecule has 0 aliphatic carbocycles. The van der Waals surface area contributed by atoms with E-state index in [1.165, 1.54) is 13.2 Å². The van der Waals surface area contributed by atoms with Crippen LogP contribution in [0.3, 0.4) is 0 Å². The molecule has 0 saturated heterocycles. The Morgan fingerprint density at radius 1 is 1.28 bits per heavy atom. The number of allylic oxidation sites excluding steroid dienone is 3. The highest BCUT2D eigenvalue weighted by atomic mass is 19.4. The van der Waals surface area contributed by atoms with Gasteiger partial charge in [-0.05, 0) is 51.7 Å². The van der Waals surface area contributed by atoms with Crippen LogP contribution in [0.2, 0.25) is 0 Å². The fraction of sp³-hybridized carbons (Fsp3) is 0.292. The van der Waals surface area contributed by atoms with Gasteiger partial charge in [0.25, 0.3) is 5.91 Å². The summed E-state index contributed by atoms with van der Waals surface area (Å²) in [4.78, 5) is 20.8. The summed E-state index contributed by atoms with van der Waals surface area (Å²) in [7, 11) is 1.28. The fourth-order valence-electron chi connectivity index (χ4n) is 3.17. The van der Waals surface area contributed by atoms with Crippen LogP contribution in [-0.2, 0) is 6.42 Å². The third-order valence-corrected chi connectivity index (χ3v) is 5.12. The van der Waals surface area contributed by atoms with Crippen LogP contribution in [0.4, 0.5) is 13.2 Å². The number of hydrogen-bond acceptors (Lipinski definition) is 7. The minimum absolute atomic E-state index is 0.460. The van der Waals surface area contributed by atoms with Crippen LogP contribution >= 0.6 is 0 Å². The second-order valence-electron chi connectivity index (χ2n) is 7.67. The van der Waals surface area contributed by atoms with Gasteiger partial charge >= 0.3 is 6.18 Å². The van der Waals surface area contributed by atoms with E-state index in [0.29, 0.717) is 17.8 Å². The van der Waals surface area contributed by atoms with Crippen LogP contribution in [0.1, 0.15) is 35.5 Å². The molecule has 36 heavy (non-hydrogen) atoms. The Bertz CT molecular complexity index is 1190. The van der Waals surface area contributed by atoms with Crippen molar-refractivity contribution in [2.24, 2.45) is 11.5 Å². The Balaban J connectivity index is 0.000000554. The molecule has 2 heterocycles. The summed E-state index contributed by atoms with van der Waals surface area (Å²) >= 11 is 0. The van der Waals surface area contributed by atoms with Crippen molar-refractivity contribution < 1.29 is 28.5 Å². The standard InChI is InChI=1S/C20H21N5O.C4H8F3N.H2O2/c1-13-6-7-16-15(10-13)19(20(22)26)17(5-3-4-14(2)11-21)25(16)18-12-23-8-9-24-18;1-3(8-2)4(5,6)7;1-2/h3-4,6-12H,5,21H2,1-2H3,(H2,22,26);3,8H,1-2H3;1-2H/b4-3-,14-11-;;. The second-order valence-corrected chi connectivity index (χ2v) is 7.67. The van der Waals surface area contributed by atoms with E-state index in [9.17, 15) is 18.0 Å². The molecule has 0 aliphatic heterocycles. The summed E-state index contributed by atoms with van der Waals surface area (Å²) in [5.74, 6) is 0.182. The zero-order valence-electron chi connectivity index (χ0n) is 20.4. The number of amides is 1. The number of nitrogens with zero attached hydrogens (tertiary/aromatic N) is 3. The minimum atomic E-state index is -4.10. The Hall–Kier alpha value is -3.74. The van der Waals surface area contributed by atoms with E-state index < -0.39 is 18.1 Å². The number of halogens is 3. The van der Waals surface area contributed by atoms with E-state index in [-0.39, 0.29) is 0 Å². The van der Waals surface area contributed by atoms with E-state index >= 15 is 0 Å². The molecule has 0 radical (unpaired) electrons. The van der Waals surface area contributed by atoms with Crippen LogP contribution < -0.4 is 16.8 Å². The van der Waals surface area contributed by atoms with Crippen molar-refractivity contribution in [1.82, 2.24) is 19.9 Å². The number of aromatic nitrogens is 3. The van der Waals surface area contributed by atoms with Gasteiger partial charge in [0.05, 0.1) is 17.3 Å². The Labute approximate surface area is 206 Å². The average molecular weight is 509 g/mol. The molecule has 0 fully saturated rings. The molecule has 3 aromatic rings. The monoisotopic (exact) mass is 508 g/mol. The van der Waals surface area contributed by atoms with Gasteiger partial charge in [-0.25, -0.2) is 4.98 Å². The summed E-state index contributed by atoms with van der Waals surface area (Å²) in [5, 5.41) is 14.9. The number of nitrogens with one attached hydrogen (secondary N) is 1. The number of carbonyl (C=O) groups is 1. The van der Waals surface area contributed by atoms with Crippen molar-refractivity contribution in [2.45, 2.75) is 39.4 Å². The van der Waals surface area contributed by atoms with Crippen molar-refractivity contribution in [3.63, 3.8) is 0 Å². The van der Waals surface area contributed by atoms with Gasteiger partial charge < -0.3 is 16.8 Å². The first kappa shape index (κ1) is 30.3. The number of fused-ring (bicyclic) bond motifs is 1. The molecule has 3 rings (SSSR count). The van der Waals surface area contributed by atoms with Gasteiger partial charge in [-0.1, -0.05) is 23.8 Å². The number of nitrogens with two attached hydrogens (primary N) is 2. The first-order valence-corrected chi connectivity index (χ1v) is 10.7. The van der Waals surface area contributed by atoms with Gasteiger partial charge in [0.2, 0.25) is 0 Å².